The topological polar surface area (TPSA) is 88.3 Å². The molecule has 2 N–H and O–H groups in total. The van der Waals surface area contributed by atoms with E-state index in [2.05, 4.69) is 10.3 Å². The van der Waals surface area contributed by atoms with Gasteiger partial charge in [0.15, 0.2) is 0 Å². The number of aliphatic hydroxyl groups is 1. The van der Waals surface area contributed by atoms with Crippen molar-refractivity contribution in [3.8, 4) is 0 Å². The van der Waals surface area contributed by atoms with Gasteiger partial charge in [-0.2, -0.15) is 0 Å². The van der Waals surface area contributed by atoms with E-state index in [4.69, 9.17) is 0 Å². The molecule has 116 valence electrons. The van der Waals surface area contributed by atoms with Crippen molar-refractivity contribution in [2.24, 2.45) is 0 Å². The minimum atomic E-state index is -0.807. The maximum absolute atomic E-state index is 11.3. The lowest BCUT2D eigenvalue weighted by atomic mass is 9.93. The lowest BCUT2D eigenvalue weighted by molar-refractivity contribution is -0.384. The molecule has 1 unspecified atom stereocenters. The van der Waals surface area contributed by atoms with Gasteiger partial charge in [-0.3, -0.25) is 10.1 Å². The second kappa shape index (κ2) is 5.53. The number of nitrogens with zero attached hydrogens (tertiary/aromatic N) is 2. The van der Waals surface area contributed by atoms with Gasteiger partial charge >= 0.3 is 5.69 Å². The van der Waals surface area contributed by atoms with Crippen molar-refractivity contribution in [3.63, 3.8) is 0 Å². The Morgan fingerprint density at radius 2 is 2.05 bits per heavy atom. The van der Waals surface area contributed by atoms with Crippen LogP contribution in [0.5, 0.6) is 0 Å². The molecule has 1 saturated carbocycles. The normalized spacial score (nSPS) is 18.3. The predicted molar refractivity (Wildman–Crippen MR) is 84.9 cm³/mol. The van der Waals surface area contributed by atoms with Crippen LogP contribution in [0.2, 0.25) is 0 Å². The maximum Gasteiger partial charge on any atom is 0.311 e. The third-order valence-corrected chi connectivity index (χ3v) is 4.59. The van der Waals surface area contributed by atoms with E-state index in [0.717, 1.165) is 25.7 Å². The molecule has 2 aromatic rings. The van der Waals surface area contributed by atoms with Gasteiger partial charge in [0.25, 0.3) is 0 Å². The van der Waals surface area contributed by atoms with Gasteiger partial charge in [-0.15, -0.1) is 0 Å². The highest BCUT2D eigenvalue weighted by atomic mass is 16.6. The molecule has 0 radical (unpaired) electrons. The van der Waals surface area contributed by atoms with E-state index >= 15 is 0 Å². The third kappa shape index (κ3) is 2.50. The molecule has 0 aliphatic heterocycles. The fourth-order valence-electron chi connectivity index (χ4n) is 3.19. The summed E-state index contributed by atoms with van der Waals surface area (Å²) in [6.07, 6.45) is 4.69. The predicted octanol–water partition coefficient (Wildman–Crippen LogP) is 3.25. The highest BCUT2D eigenvalue weighted by molar-refractivity contribution is 5.95. The summed E-state index contributed by atoms with van der Waals surface area (Å²) in [6.45, 7) is 1.88. The van der Waals surface area contributed by atoms with E-state index < -0.39 is 10.5 Å². The summed E-state index contributed by atoms with van der Waals surface area (Å²) in [5, 5.41) is 25.9. The largest absolute Gasteiger partial charge is 0.388 e. The van der Waals surface area contributed by atoms with Crippen molar-refractivity contribution in [1.29, 1.82) is 0 Å². The monoisotopic (exact) mass is 301 g/mol. The first-order chi connectivity index (χ1) is 10.5. The number of nitrogens with one attached hydrogen (secondary N) is 1. The van der Waals surface area contributed by atoms with E-state index in [0.29, 0.717) is 16.6 Å². The van der Waals surface area contributed by atoms with Gasteiger partial charge in [0, 0.05) is 5.39 Å². The Morgan fingerprint density at radius 3 is 2.73 bits per heavy atom. The second-order valence-electron chi connectivity index (χ2n) is 5.97. The fourth-order valence-corrected chi connectivity index (χ4v) is 3.19. The van der Waals surface area contributed by atoms with Crippen LogP contribution in [0.1, 0.15) is 32.6 Å². The summed E-state index contributed by atoms with van der Waals surface area (Å²) < 4.78 is 0. The highest BCUT2D eigenvalue weighted by Gasteiger charge is 2.37. The van der Waals surface area contributed by atoms with Gasteiger partial charge in [-0.25, -0.2) is 4.98 Å². The minimum Gasteiger partial charge on any atom is -0.388 e. The van der Waals surface area contributed by atoms with Crippen molar-refractivity contribution in [1.82, 2.24) is 4.98 Å². The van der Waals surface area contributed by atoms with E-state index in [-0.39, 0.29) is 11.7 Å². The van der Waals surface area contributed by atoms with Gasteiger partial charge in [0.2, 0.25) is 0 Å². The van der Waals surface area contributed by atoms with Crippen LogP contribution in [0.25, 0.3) is 10.9 Å². The first-order valence-corrected chi connectivity index (χ1v) is 7.52. The number of anilines is 1. The van der Waals surface area contributed by atoms with Crippen molar-refractivity contribution in [2.45, 2.75) is 44.2 Å². The summed E-state index contributed by atoms with van der Waals surface area (Å²) in [6, 6.07) is 7.04. The van der Waals surface area contributed by atoms with E-state index in [1.54, 1.807) is 0 Å². The number of aromatic nitrogens is 1. The van der Waals surface area contributed by atoms with Crippen LogP contribution in [0, 0.1) is 10.1 Å². The Bertz CT molecular complexity index is 711. The number of benzene rings is 1. The van der Waals surface area contributed by atoms with Crippen molar-refractivity contribution in [3.05, 3.63) is 40.6 Å². The van der Waals surface area contributed by atoms with E-state index in [1.165, 1.54) is 6.20 Å². The van der Waals surface area contributed by atoms with Crippen molar-refractivity contribution >= 4 is 22.3 Å². The zero-order valence-corrected chi connectivity index (χ0v) is 12.5. The standard InChI is InChI=1S/C16H19N3O3/c1-11(16(20)8-4-5-9-16)18-15-12-6-2-3-7-13(12)17-10-14(15)19(21)22/h2-3,6-7,10-11,20H,4-5,8-9H2,1H3,(H,17,18). The molecular weight excluding hydrogens is 282 g/mol. The molecule has 0 saturated heterocycles. The molecule has 1 heterocycles. The zero-order valence-electron chi connectivity index (χ0n) is 12.5. The zero-order chi connectivity index (χ0) is 15.7. The SMILES string of the molecule is CC(Nc1c([N+](=O)[O-])cnc2ccccc12)C1(O)CCCC1. The Hall–Kier alpha value is -2.21. The van der Waals surface area contributed by atoms with Crippen LogP contribution in [0.15, 0.2) is 30.5 Å². The van der Waals surface area contributed by atoms with Crippen LogP contribution >= 0.6 is 0 Å². The summed E-state index contributed by atoms with van der Waals surface area (Å²) in [5.41, 5.74) is 0.259. The lowest BCUT2D eigenvalue weighted by Gasteiger charge is -2.31. The van der Waals surface area contributed by atoms with Crippen molar-refractivity contribution in [2.75, 3.05) is 5.32 Å². The summed E-state index contributed by atoms with van der Waals surface area (Å²) in [5.74, 6) is 0. The number of para-hydroxylation sites is 1. The number of pyridine rings is 1. The Kier molecular flexibility index (Phi) is 3.70. The molecule has 1 aromatic heterocycles. The number of fused-ring (bicyclic) bond motifs is 1. The molecule has 0 amide bonds. The molecule has 0 bridgehead atoms. The van der Waals surface area contributed by atoms with Crippen LogP contribution in [-0.2, 0) is 0 Å². The minimum absolute atomic E-state index is 0.0628. The van der Waals surface area contributed by atoms with E-state index in [9.17, 15) is 15.2 Å². The maximum atomic E-state index is 11.3. The molecule has 6 nitrogen and oxygen atoms in total. The average molecular weight is 301 g/mol. The fraction of sp³-hybridized carbons (Fsp3) is 0.438. The van der Waals surface area contributed by atoms with Gasteiger partial charge in [-0.1, -0.05) is 31.0 Å². The van der Waals surface area contributed by atoms with Gasteiger partial charge in [-0.05, 0) is 25.8 Å². The first kappa shape index (κ1) is 14.7. The van der Waals surface area contributed by atoms with Gasteiger partial charge < -0.3 is 10.4 Å². The third-order valence-electron chi connectivity index (χ3n) is 4.59. The molecule has 6 heteroatoms. The van der Waals surface area contributed by atoms with Gasteiger partial charge in [0.05, 0.1) is 22.1 Å². The average Bonchev–Trinajstić information content (AvgIpc) is 2.95. The summed E-state index contributed by atoms with van der Waals surface area (Å²) in [7, 11) is 0. The summed E-state index contributed by atoms with van der Waals surface area (Å²) >= 11 is 0. The number of hydrogen-bond donors (Lipinski definition) is 2. The number of rotatable bonds is 4. The van der Waals surface area contributed by atoms with Gasteiger partial charge in [0.1, 0.15) is 11.9 Å². The number of hydrogen-bond acceptors (Lipinski definition) is 5. The molecule has 1 aromatic carbocycles. The lowest BCUT2D eigenvalue weighted by Crippen LogP contribution is -2.42. The summed E-state index contributed by atoms with van der Waals surface area (Å²) in [4.78, 5) is 15.0. The Balaban J connectivity index is 2.04. The van der Waals surface area contributed by atoms with Crippen LogP contribution < -0.4 is 5.32 Å². The van der Waals surface area contributed by atoms with E-state index in [1.807, 2.05) is 31.2 Å². The first-order valence-electron chi connectivity index (χ1n) is 7.52. The van der Waals surface area contributed by atoms with Crippen molar-refractivity contribution < 1.29 is 10.0 Å². The van der Waals surface area contributed by atoms with Crippen LogP contribution in [0.4, 0.5) is 11.4 Å². The quantitative estimate of drug-likeness (QED) is 0.668. The molecule has 3 rings (SSSR count). The molecule has 0 spiro atoms. The van der Waals surface area contributed by atoms with Crippen LogP contribution in [0.3, 0.4) is 0 Å². The smallest absolute Gasteiger partial charge is 0.311 e. The second-order valence-corrected chi connectivity index (χ2v) is 5.97. The molecular formula is C16H19N3O3. The molecule has 1 atom stereocenters. The highest BCUT2D eigenvalue weighted by Crippen LogP contribution is 2.37. The molecule has 22 heavy (non-hydrogen) atoms. The Morgan fingerprint density at radius 1 is 1.36 bits per heavy atom. The van der Waals surface area contributed by atoms with Crippen LogP contribution in [-0.4, -0.2) is 26.7 Å². The molecule has 1 aliphatic rings. The Labute approximate surface area is 128 Å². The molecule has 1 aliphatic carbocycles. The number of nitro groups is 1. The molecule has 1 fully saturated rings.